The van der Waals surface area contributed by atoms with E-state index in [1.165, 1.54) is 4.90 Å². The Balaban J connectivity index is 1.58. The molecule has 0 aliphatic heterocycles. The number of rotatable bonds is 10. The molecule has 0 saturated heterocycles. The van der Waals surface area contributed by atoms with Crippen LogP contribution in [0.1, 0.15) is 28.6 Å². The quantitative estimate of drug-likeness (QED) is 0.354. The fraction of sp³-hybridized carbons (Fsp3) is 0.179. The van der Waals surface area contributed by atoms with Gasteiger partial charge in [-0.3, -0.25) is 4.79 Å². The Morgan fingerprint density at radius 3 is 2.14 bits per heavy atom. The van der Waals surface area contributed by atoms with Gasteiger partial charge in [-0.2, -0.15) is 0 Å². The zero-order chi connectivity index (χ0) is 24.3. The van der Waals surface area contributed by atoms with Crippen LogP contribution in [0.5, 0.6) is 0 Å². The number of imide groups is 1. The molecule has 1 unspecified atom stereocenters. The summed E-state index contributed by atoms with van der Waals surface area (Å²) in [7, 11) is 0. The van der Waals surface area contributed by atoms with E-state index < -0.39 is 12.1 Å². The fourth-order valence-corrected chi connectivity index (χ4v) is 3.83. The van der Waals surface area contributed by atoms with Gasteiger partial charge >= 0.3 is 6.09 Å². The highest BCUT2D eigenvalue weighted by Crippen LogP contribution is 2.26. The van der Waals surface area contributed by atoms with Crippen molar-refractivity contribution in [2.45, 2.75) is 25.6 Å². The minimum Gasteiger partial charge on any atom is -0.444 e. The summed E-state index contributed by atoms with van der Waals surface area (Å²) in [6.07, 6.45) is 3.16. The average molecular weight is 469 g/mol. The van der Waals surface area contributed by atoms with E-state index in [0.29, 0.717) is 18.8 Å². The Labute approximate surface area is 204 Å². The number of amides is 2. The molecular formula is C28H28N4O3. The van der Waals surface area contributed by atoms with Crippen molar-refractivity contribution in [1.29, 1.82) is 0 Å². The molecule has 2 N–H and O–H groups in total. The van der Waals surface area contributed by atoms with Gasteiger partial charge in [-0.1, -0.05) is 91.0 Å². The number of H-pyrrole nitrogens is 1. The molecule has 0 bridgehead atoms. The van der Waals surface area contributed by atoms with Crippen molar-refractivity contribution in [2.75, 3.05) is 6.54 Å². The van der Waals surface area contributed by atoms with Gasteiger partial charge in [0.25, 0.3) is 0 Å². The second kappa shape index (κ2) is 12.3. The molecule has 4 aromatic rings. The second-order valence-corrected chi connectivity index (χ2v) is 8.06. The van der Waals surface area contributed by atoms with Gasteiger partial charge < -0.3 is 15.0 Å². The number of aromatic nitrogens is 2. The SMILES string of the molecule is O=C(CNCc1ncc[nH]1)N(C(=O)OCc1ccccc1)C(Cc1ccccc1)c1ccccc1. The van der Waals surface area contributed by atoms with Gasteiger partial charge in [0.15, 0.2) is 0 Å². The molecule has 178 valence electrons. The van der Waals surface area contributed by atoms with Gasteiger partial charge in [0.05, 0.1) is 19.1 Å². The van der Waals surface area contributed by atoms with Crippen LogP contribution in [0.2, 0.25) is 0 Å². The van der Waals surface area contributed by atoms with E-state index >= 15 is 0 Å². The zero-order valence-corrected chi connectivity index (χ0v) is 19.3. The fourth-order valence-electron chi connectivity index (χ4n) is 3.83. The summed E-state index contributed by atoms with van der Waals surface area (Å²) in [6.45, 7) is 0.412. The van der Waals surface area contributed by atoms with Crippen LogP contribution in [-0.2, 0) is 29.1 Å². The Kier molecular flexibility index (Phi) is 8.40. The van der Waals surface area contributed by atoms with Crippen LogP contribution in [0.25, 0.3) is 0 Å². The second-order valence-electron chi connectivity index (χ2n) is 8.06. The normalized spacial score (nSPS) is 11.5. The van der Waals surface area contributed by atoms with Crippen LogP contribution in [0.4, 0.5) is 4.79 Å². The van der Waals surface area contributed by atoms with Gasteiger partial charge in [-0.25, -0.2) is 14.7 Å². The van der Waals surface area contributed by atoms with Crippen molar-refractivity contribution in [3.8, 4) is 0 Å². The first-order valence-corrected chi connectivity index (χ1v) is 11.5. The first kappa shape index (κ1) is 23.9. The van der Waals surface area contributed by atoms with Crippen LogP contribution >= 0.6 is 0 Å². The molecule has 2 amide bonds. The molecule has 0 saturated carbocycles. The number of ether oxygens (including phenoxy) is 1. The van der Waals surface area contributed by atoms with Crippen molar-refractivity contribution < 1.29 is 14.3 Å². The number of benzene rings is 3. The third-order valence-electron chi connectivity index (χ3n) is 5.56. The van der Waals surface area contributed by atoms with Crippen LogP contribution in [0.15, 0.2) is 103 Å². The lowest BCUT2D eigenvalue weighted by Crippen LogP contribution is -2.45. The van der Waals surface area contributed by atoms with Gasteiger partial charge in [0, 0.05) is 12.4 Å². The van der Waals surface area contributed by atoms with Crippen molar-refractivity contribution in [1.82, 2.24) is 20.2 Å². The Bertz CT molecular complexity index is 1180. The smallest absolute Gasteiger partial charge is 0.417 e. The number of nitrogens with zero attached hydrogens (tertiary/aromatic N) is 2. The van der Waals surface area contributed by atoms with E-state index in [1.807, 2.05) is 91.0 Å². The monoisotopic (exact) mass is 468 g/mol. The molecule has 1 aromatic heterocycles. The number of hydrogen-bond donors (Lipinski definition) is 2. The highest BCUT2D eigenvalue weighted by Gasteiger charge is 2.32. The van der Waals surface area contributed by atoms with Gasteiger partial charge in [-0.15, -0.1) is 0 Å². The standard InChI is InChI=1S/C28H28N4O3/c33-27(20-29-19-26-30-16-17-31-26)32(28(34)35-21-23-12-6-2-7-13-23)25(24-14-8-3-9-15-24)18-22-10-4-1-5-11-22/h1-17,25,29H,18-21H2,(H,30,31). The Morgan fingerprint density at radius 1 is 0.886 bits per heavy atom. The Morgan fingerprint density at radius 2 is 1.51 bits per heavy atom. The molecule has 0 spiro atoms. The van der Waals surface area contributed by atoms with Crippen LogP contribution in [-0.4, -0.2) is 33.4 Å². The number of hydrogen-bond acceptors (Lipinski definition) is 5. The van der Waals surface area contributed by atoms with E-state index in [4.69, 9.17) is 4.74 Å². The minimum absolute atomic E-state index is 0.0424. The maximum absolute atomic E-state index is 13.5. The molecule has 0 fully saturated rings. The lowest BCUT2D eigenvalue weighted by molar-refractivity contribution is -0.130. The van der Waals surface area contributed by atoms with Crippen molar-refractivity contribution in [3.05, 3.63) is 126 Å². The molecule has 3 aromatic carbocycles. The lowest BCUT2D eigenvalue weighted by atomic mass is 9.97. The molecule has 0 aliphatic carbocycles. The molecular weight excluding hydrogens is 440 g/mol. The van der Waals surface area contributed by atoms with E-state index in [1.54, 1.807) is 12.4 Å². The number of aromatic amines is 1. The lowest BCUT2D eigenvalue weighted by Gasteiger charge is -2.30. The Hall–Kier alpha value is -4.23. The summed E-state index contributed by atoms with van der Waals surface area (Å²) in [5.41, 5.74) is 2.72. The van der Waals surface area contributed by atoms with Crippen LogP contribution in [0, 0.1) is 0 Å². The molecule has 4 rings (SSSR count). The maximum Gasteiger partial charge on any atom is 0.417 e. The van der Waals surface area contributed by atoms with Gasteiger partial charge in [-0.05, 0) is 23.1 Å². The topological polar surface area (TPSA) is 87.3 Å². The molecule has 0 radical (unpaired) electrons. The predicted octanol–water partition coefficient (Wildman–Crippen LogP) is 4.65. The highest BCUT2D eigenvalue weighted by atomic mass is 16.6. The van der Waals surface area contributed by atoms with Crippen LogP contribution in [0.3, 0.4) is 0 Å². The third-order valence-corrected chi connectivity index (χ3v) is 5.56. The highest BCUT2D eigenvalue weighted by molar-refractivity contribution is 5.93. The van der Waals surface area contributed by atoms with E-state index in [0.717, 1.165) is 16.7 Å². The van der Waals surface area contributed by atoms with Crippen LogP contribution < -0.4 is 5.32 Å². The average Bonchev–Trinajstić information content (AvgIpc) is 3.42. The number of carbonyl (C=O) groups is 2. The predicted molar refractivity (Wildman–Crippen MR) is 133 cm³/mol. The molecule has 1 atom stereocenters. The number of nitrogens with one attached hydrogen (secondary N) is 2. The summed E-state index contributed by atoms with van der Waals surface area (Å²) in [5, 5.41) is 3.07. The molecule has 0 aliphatic rings. The van der Waals surface area contributed by atoms with Crippen molar-refractivity contribution in [2.24, 2.45) is 0 Å². The largest absolute Gasteiger partial charge is 0.444 e. The molecule has 1 heterocycles. The summed E-state index contributed by atoms with van der Waals surface area (Å²) >= 11 is 0. The van der Waals surface area contributed by atoms with Crippen molar-refractivity contribution in [3.63, 3.8) is 0 Å². The summed E-state index contributed by atoms with van der Waals surface area (Å²) in [6, 6.07) is 28.3. The van der Waals surface area contributed by atoms with E-state index in [-0.39, 0.29) is 19.1 Å². The number of imidazole rings is 1. The summed E-state index contributed by atoms with van der Waals surface area (Å²) in [4.78, 5) is 35.2. The molecule has 7 nitrogen and oxygen atoms in total. The first-order chi connectivity index (χ1) is 17.2. The summed E-state index contributed by atoms with van der Waals surface area (Å²) in [5.74, 6) is 0.333. The molecule has 7 heteroatoms. The van der Waals surface area contributed by atoms with Gasteiger partial charge in [0.2, 0.25) is 5.91 Å². The van der Waals surface area contributed by atoms with E-state index in [2.05, 4.69) is 15.3 Å². The maximum atomic E-state index is 13.5. The zero-order valence-electron chi connectivity index (χ0n) is 19.3. The summed E-state index contributed by atoms with van der Waals surface area (Å²) < 4.78 is 5.62. The van der Waals surface area contributed by atoms with Gasteiger partial charge in [0.1, 0.15) is 12.4 Å². The number of carbonyl (C=O) groups excluding carboxylic acids is 2. The molecule has 35 heavy (non-hydrogen) atoms. The minimum atomic E-state index is -0.677. The van der Waals surface area contributed by atoms with Crippen molar-refractivity contribution >= 4 is 12.0 Å². The van der Waals surface area contributed by atoms with E-state index in [9.17, 15) is 9.59 Å². The third kappa shape index (κ3) is 6.88. The first-order valence-electron chi connectivity index (χ1n) is 11.5.